The molecule has 0 bridgehead atoms. The molecule has 104 valence electrons. The zero-order valence-electron chi connectivity index (χ0n) is 10.7. The number of carbonyl (C=O) groups is 2. The van der Waals surface area contributed by atoms with Gasteiger partial charge in [-0.05, 0) is 47.8 Å². The summed E-state index contributed by atoms with van der Waals surface area (Å²) in [6, 6.07) is 4.52. The van der Waals surface area contributed by atoms with Gasteiger partial charge in [0.15, 0.2) is 0 Å². The average molecular weight is 377 g/mol. The monoisotopic (exact) mass is 377 g/mol. The number of likely N-dealkylation sites (N-methyl/N-ethyl adjacent to an activating group) is 2. The Morgan fingerprint density at radius 1 is 1.42 bits per heavy atom. The highest BCUT2D eigenvalue weighted by molar-refractivity contribution is 14.1. The van der Waals surface area contributed by atoms with Crippen molar-refractivity contribution in [1.29, 1.82) is 0 Å². The van der Waals surface area contributed by atoms with E-state index in [0.717, 1.165) is 3.57 Å². The van der Waals surface area contributed by atoms with Gasteiger partial charge in [0.25, 0.3) is 0 Å². The SMILES string of the molecule is CNCCN(C)C(=O)Nc1ccc(I)cc1C(=O)O. The summed E-state index contributed by atoms with van der Waals surface area (Å²) in [6.07, 6.45) is 0. The number of amides is 2. The smallest absolute Gasteiger partial charge is 0.337 e. The molecule has 0 aromatic heterocycles. The molecule has 0 heterocycles. The molecule has 0 saturated carbocycles. The van der Waals surface area contributed by atoms with Crippen molar-refractivity contribution in [3.63, 3.8) is 0 Å². The van der Waals surface area contributed by atoms with Crippen molar-refractivity contribution in [3.05, 3.63) is 27.3 Å². The van der Waals surface area contributed by atoms with Crippen LogP contribution < -0.4 is 10.6 Å². The van der Waals surface area contributed by atoms with Gasteiger partial charge in [0.1, 0.15) is 0 Å². The maximum Gasteiger partial charge on any atom is 0.337 e. The Morgan fingerprint density at radius 2 is 2.11 bits per heavy atom. The fourth-order valence-corrected chi connectivity index (χ4v) is 1.89. The minimum atomic E-state index is -1.06. The number of halogens is 1. The molecule has 19 heavy (non-hydrogen) atoms. The molecule has 0 saturated heterocycles. The van der Waals surface area contributed by atoms with E-state index in [0.29, 0.717) is 18.8 Å². The Balaban J connectivity index is 2.81. The van der Waals surface area contributed by atoms with Crippen LogP contribution in [-0.2, 0) is 0 Å². The number of urea groups is 1. The van der Waals surface area contributed by atoms with Gasteiger partial charge in [0.2, 0.25) is 0 Å². The van der Waals surface area contributed by atoms with Crippen LogP contribution in [0.4, 0.5) is 10.5 Å². The van der Waals surface area contributed by atoms with Crippen LogP contribution in [0.15, 0.2) is 18.2 Å². The van der Waals surface area contributed by atoms with Crippen molar-refractivity contribution in [2.45, 2.75) is 0 Å². The molecule has 0 atom stereocenters. The van der Waals surface area contributed by atoms with Crippen LogP contribution in [-0.4, -0.2) is 49.2 Å². The van der Waals surface area contributed by atoms with E-state index >= 15 is 0 Å². The lowest BCUT2D eigenvalue weighted by molar-refractivity contribution is 0.0698. The molecule has 0 aliphatic heterocycles. The topological polar surface area (TPSA) is 81.7 Å². The van der Waals surface area contributed by atoms with E-state index in [9.17, 15) is 9.59 Å². The minimum absolute atomic E-state index is 0.0854. The van der Waals surface area contributed by atoms with Crippen LogP contribution >= 0.6 is 22.6 Å². The molecule has 7 heteroatoms. The molecule has 1 aromatic rings. The minimum Gasteiger partial charge on any atom is -0.478 e. The standard InChI is InChI=1S/C12H16IN3O3/c1-14-5-6-16(2)12(19)15-10-4-3-8(13)7-9(10)11(17)18/h3-4,7,14H,5-6H2,1-2H3,(H,15,19)(H,17,18). The van der Waals surface area contributed by atoms with Crippen LogP contribution in [0.2, 0.25) is 0 Å². The van der Waals surface area contributed by atoms with Gasteiger partial charge in [-0.3, -0.25) is 0 Å². The van der Waals surface area contributed by atoms with Crippen molar-refractivity contribution >= 4 is 40.3 Å². The van der Waals surface area contributed by atoms with E-state index in [1.807, 2.05) is 22.6 Å². The Kier molecular flexibility index (Phi) is 6.03. The Morgan fingerprint density at radius 3 is 2.68 bits per heavy atom. The Bertz CT molecular complexity index is 479. The zero-order chi connectivity index (χ0) is 14.4. The number of rotatable bonds is 5. The predicted octanol–water partition coefficient (Wildman–Crippen LogP) is 1.67. The number of nitrogens with one attached hydrogen (secondary N) is 2. The van der Waals surface area contributed by atoms with Crippen LogP contribution in [0.1, 0.15) is 10.4 Å². The summed E-state index contributed by atoms with van der Waals surface area (Å²) in [4.78, 5) is 24.5. The summed E-state index contributed by atoms with van der Waals surface area (Å²) in [5.41, 5.74) is 0.386. The van der Waals surface area contributed by atoms with Gasteiger partial charge in [-0.1, -0.05) is 0 Å². The first-order valence-electron chi connectivity index (χ1n) is 5.65. The Hall–Kier alpha value is -1.35. The van der Waals surface area contributed by atoms with Gasteiger partial charge in [0, 0.05) is 23.7 Å². The lowest BCUT2D eigenvalue weighted by Gasteiger charge is -2.18. The summed E-state index contributed by atoms with van der Waals surface area (Å²) in [5.74, 6) is -1.06. The summed E-state index contributed by atoms with van der Waals surface area (Å²) in [7, 11) is 3.45. The number of aromatic carboxylic acids is 1. The van der Waals surface area contributed by atoms with Gasteiger partial charge in [-0.15, -0.1) is 0 Å². The summed E-state index contributed by atoms with van der Waals surface area (Å²) in [5, 5.41) is 14.6. The third kappa shape index (κ3) is 4.67. The van der Waals surface area contributed by atoms with Gasteiger partial charge in [0.05, 0.1) is 11.3 Å². The number of anilines is 1. The van der Waals surface area contributed by atoms with Crippen LogP contribution in [0.5, 0.6) is 0 Å². The van der Waals surface area contributed by atoms with Gasteiger partial charge < -0.3 is 20.6 Å². The highest BCUT2D eigenvalue weighted by atomic mass is 127. The second-order valence-electron chi connectivity index (χ2n) is 3.95. The molecule has 0 unspecified atom stereocenters. The number of hydrogen-bond acceptors (Lipinski definition) is 3. The van der Waals surface area contributed by atoms with Crippen molar-refractivity contribution in [2.75, 3.05) is 32.5 Å². The first-order valence-corrected chi connectivity index (χ1v) is 6.73. The van der Waals surface area contributed by atoms with Gasteiger partial charge in [-0.2, -0.15) is 0 Å². The molecular formula is C12H16IN3O3. The summed E-state index contributed by atoms with van der Waals surface area (Å²) in [6.45, 7) is 1.21. The molecule has 0 aliphatic carbocycles. The molecule has 6 nitrogen and oxygen atoms in total. The zero-order valence-corrected chi connectivity index (χ0v) is 12.9. The molecule has 0 radical (unpaired) electrons. The third-order valence-corrected chi connectivity index (χ3v) is 3.17. The van der Waals surface area contributed by atoms with Crippen LogP contribution in [0, 0.1) is 3.57 Å². The maximum atomic E-state index is 11.9. The second-order valence-corrected chi connectivity index (χ2v) is 5.20. The van der Waals surface area contributed by atoms with E-state index in [2.05, 4.69) is 10.6 Å². The average Bonchev–Trinajstić information content (AvgIpc) is 2.37. The molecule has 2 amide bonds. The van der Waals surface area contributed by atoms with Gasteiger partial charge in [-0.25, -0.2) is 9.59 Å². The van der Waals surface area contributed by atoms with E-state index in [1.54, 1.807) is 26.2 Å². The van der Waals surface area contributed by atoms with E-state index in [4.69, 9.17) is 5.11 Å². The number of hydrogen-bond donors (Lipinski definition) is 3. The van der Waals surface area contributed by atoms with E-state index < -0.39 is 5.97 Å². The molecule has 0 spiro atoms. The molecule has 1 rings (SSSR count). The summed E-state index contributed by atoms with van der Waals surface area (Å²) >= 11 is 2.03. The highest BCUT2D eigenvalue weighted by Gasteiger charge is 2.14. The largest absolute Gasteiger partial charge is 0.478 e. The number of carbonyl (C=O) groups excluding carboxylic acids is 1. The Labute approximate surface area is 125 Å². The predicted molar refractivity (Wildman–Crippen MR) is 81.7 cm³/mol. The van der Waals surface area contributed by atoms with Crippen molar-refractivity contribution < 1.29 is 14.7 Å². The fraction of sp³-hybridized carbons (Fsp3) is 0.333. The maximum absolute atomic E-state index is 11.9. The van der Waals surface area contributed by atoms with E-state index in [-0.39, 0.29) is 11.6 Å². The molecule has 1 aromatic carbocycles. The highest BCUT2D eigenvalue weighted by Crippen LogP contribution is 2.19. The molecular weight excluding hydrogens is 361 g/mol. The third-order valence-electron chi connectivity index (χ3n) is 2.50. The number of carboxylic acids is 1. The first-order chi connectivity index (χ1) is 8.95. The van der Waals surface area contributed by atoms with Crippen LogP contribution in [0.25, 0.3) is 0 Å². The molecule has 3 N–H and O–H groups in total. The van der Waals surface area contributed by atoms with Gasteiger partial charge >= 0.3 is 12.0 Å². The molecule has 0 fully saturated rings. The second kappa shape index (κ2) is 7.29. The fourth-order valence-electron chi connectivity index (χ4n) is 1.39. The number of carboxylic acid groups (broad SMARTS) is 1. The first kappa shape index (κ1) is 15.7. The number of nitrogens with zero attached hydrogens (tertiary/aromatic N) is 1. The van der Waals surface area contributed by atoms with Crippen molar-refractivity contribution in [2.24, 2.45) is 0 Å². The number of benzene rings is 1. The quantitative estimate of drug-likeness (QED) is 0.682. The lowest BCUT2D eigenvalue weighted by Crippen LogP contribution is -2.36. The lowest BCUT2D eigenvalue weighted by atomic mass is 10.2. The molecule has 0 aliphatic rings. The van der Waals surface area contributed by atoms with Crippen molar-refractivity contribution in [3.8, 4) is 0 Å². The van der Waals surface area contributed by atoms with Crippen molar-refractivity contribution in [1.82, 2.24) is 10.2 Å². The summed E-state index contributed by atoms with van der Waals surface area (Å²) < 4.78 is 0.802. The van der Waals surface area contributed by atoms with E-state index in [1.165, 1.54) is 11.0 Å². The van der Waals surface area contributed by atoms with Crippen LogP contribution in [0.3, 0.4) is 0 Å². The normalized spacial score (nSPS) is 10.1.